The van der Waals surface area contributed by atoms with Crippen molar-refractivity contribution in [2.24, 2.45) is 0 Å². The molecular weight excluding hydrogens is 438 g/mol. The third-order valence-electron chi connectivity index (χ3n) is 6.05. The highest BCUT2D eigenvalue weighted by atomic mass is 32.2. The van der Waals surface area contributed by atoms with Crippen LogP contribution < -0.4 is 14.4 Å². The van der Waals surface area contributed by atoms with Crippen molar-refractivity contribution in [1.82, 2.24) is 5.32 Å². The van der Waals surface area contributed by atoms with Gasteiger partial charge in [-0.3, -0.25) is 9.10 Å². The van der Waals surface area contributed by atoms with Crippen LogP contribution in [0.1, 0.15) is 51.6 Å². The lowest BCUT2D eigenvalue weighted by Crippen LogP contribution is -2.51. The van der Waals surface area contributed by atoms with Gasteiger partial charge in [0.2, 0.25) is 15.9 Å². The van der Waals surface area contributed by atoms with Crippen molar-refractivity contribution in [2.45, 2.75) is 57.7 Å². The molecule has 32 heavy (non-hydrogen) atoms. The number of sulfonamides is 1. The van der Waals surface area contributed by atoms with E-state index in [2.05, 4.69) is 5.32 Å². The van der Waals surface area contributed by atoms with E-state index in [-0.39, 0.29) is 11.7 Å². The van der Waals surface area contributed by atoms with E-state index in [1.54, 1.807) is 0 Å². The number of halogens is 2. The zero-order valence-electron chi connectivity index (χ0n) is 18.6. The average molecular weight is 467 g/mol. The first-order chi connectivity index (χ1) is 15.0. The predicted molar refractivity (Wildman–Crippen MR) is 119 cm³/mol. The van der Waals surface area contributed by atoms with Crippen molar-refractivity contribution >= 4 is 21.6 Å². The fraction of sp³-hybridized carbons (Fsp3) is 0.435. The molecule has 6 nitrogen and oxygen atoms in total. The Morgan fingerprint density at radius 2 is 1.84 bits per heavy atom. The first kappa shape index (κ1) is 24.0. The average Bonchev–Trinajstić information content (AvgIpc) is 2.75. The summed E-state index contributed by atoms with van der Waals surface area (Å²) in [6.07, 6.45) is 2.93. The second kappa shape index (κ2) is 9.05. The SMILES string of the molecule is CCC1(CC)C[C@@H](NC(=O)[C@H](C)N(c2ccc(F)c(F)c2)S(C)(=O)=O)c2ccccc2O1. The minimum absolute atomic E-state index is 0.127. The number of hydrogen-bond acceptors (Lipinski definition) is 4. The van der Waals surface area contributed by atoms with Gasteiger partial charge in [-0.25, -0.2) is 17.2 Å². The largest absolute Gasteiger partial charge is 0.487 e. The Kier molecular flexibility index (Phi) is 6.78. The fourth-order valence-electron chi connectivity index (χ4n) is 4.15. The van der Waals surface area contributed by atoms with E-state index < -0.39 is 39.2 Å². The van der Waals surface area contributed by atoms with Gasteiger partial charge in [0.05, 0.1) is 18.0 Å². The molecule has 0 spiro atoms. The van der Waals surface area contributed by atoms with Crippen molar-refractivity contribution < 1.29 is 26.7 Å². The van der Waals surface area contributed by atoms with Crippen LogP contribution in [0.15, 0.2) is 42.5 Å². The van der Waals surface area contributed by atoms with Crippen molar-refractivity contribution in [2.75, 3.05) is 10.6 Å². The molecule has 1 aliphatic rings. The molecule has 0 saturated heterocycles. The molecule has 0 radical (unpaired) electrons. The molecule has 0 aromatic heterocycles. The van der Waals surface area contributed by atoms with E-state index in [1.807, 2.05) is 38.1 Å². The second-order valence-electron chi connectivity index (χ2n) is 8.13. The van der Waals surface area contributed by atoms with Crippen LogP contribution >= 0.6 is 0 Å². The van der Waals surface area contributed by atoms with Gasteiger partial charge in [0.1, 0.15) is 17.4 Å². The lowest BCUT2D eigenvalue weighted by atomic mass is 9.83. The number of rotatable bonds is 7. The van der Waals surface area contributed by atoms with Gasteiger partial charge in [0.25, 0.3) is 0 Å². The highest BCUT2D eigenvalue weighted by Gasteiger charge is 2.40. The van der Waals surface area contributed by atoms with Crippen molar-refractivity contribution in [3.63, 3.8) is 0 Å². The third kappa shape index (κ3) is 4.72. The molecular formula is C23H28F2N2O4S. The smallest absolute Gasteiger partial charge is 0.244 e. The van der Waals surface area contributed by atoms with Gasteiger partial charge >= 0.3 is 0 Å². The summed E-state index contributed by atoms with van der Waals surface area (Å²) in [6, 6.07) is 8.57. The second-order valence-corrected chi connectivity index (χ2v) is 9.99. The molecule has 1 heterocycles. The summed E-state index contributed by atoms with van der Waals surface area (Å²) in [5, 5.41) is 2.95. The Hall–Kier alpha value is -2.68. The summed E-state index contributed by atoms with van der Waals surface area (Å²) >= 11 is 0. The van der Waals surface area contributed by atoms with Crippen LogP contribution in [0.2, 0.25) is 0 Å². The van der Waals surface area contributed by atoms with Gasteiger partial charge in [0.15, 0.2) is 11.6 Å². The number of ether oxygens (including phenoxy) is 1. The summed E-state index contributed by atoms with van der Waals surface area (Å²) in [5.41, 5.74) is 0.230. The van der Waals surface area contributed by atoms with Gasteiger partial charge in [-0.15, -0.1) is 0 Å². The van der Waals surface area contributed by atoms with Crippen molar-refractivity contribution in [1.29, 1.82) is 0 Å². The molecule has 0 unspecified atom stereocenters. The summed E-state index contributed by atoms with van der Waals surface area (Å²) < 4.78 is 59.1. The molecule has 1 aliphatic heterocycles. The first-order valence-electron chi connectivity index (χ1n) is 10.5. The van der Waals surface area contributed by atoms with Crippen LogP contribution in [-0.4, -0.2) is 32.2 Å². The van der Waals surface area contributed by atoms with Gasteiger partial charge in [0, 0.05) is 18.1 Å². The molecule has 1 N–H and O–H groups in total. The van der Waals surface area contributed by atoms with Crippen LogP contribution in [0.4, 0.5) is 14.5 Å². The zero-order valence-corrected chi connectivity index (χ0v) is 19.4. The number of benzene rings is 2. The van der Waals surface area contributed by atoms with E-state index in [1.165, 1.54) is 6.92 Å². The Morgan fingerprint density at radius 1 is 1.19 bits per heavy atom. The minimum Gasteiger partial charge on any atom is -0.487 e. The lowest BCUT2D eigenvalue weighted by Gasteiger charge is -2.42. The number of nitrogens with one attached hydrogen (secondary N) is 1. The fourth-order valence-corrected chi connectivity index (χ4v) is 5.32. The monoisotopic (exact) mass is 466 g/mol. The number of hydrogen-bond donors (Lipinski definition) is 1. The number of amides is 1. The maximum Gasteiger partial charge on any atom is 0.244 e. The Labute approximate surface area is 187 Å². The van der Waals surface area contributed by atoms with E-state index >= 15 is 0 Å². The van der Waals surface area contributed by atoms with E-state index in [0.717, 1.165) is 47.2 Å². The predicted octanol–water partition coefficient (Wildman–Crippen LogP) is 4.32. The normalized spacial score (nSPS) is 18.2. The molecule has 174 valence electrons. The molecule has 2 atom stereocenters. The Bertz CT molecular complexity index is 1100. The van der Waals surface area contributed by atoms with Crippen LogP contribution in [0.5, 0.6) is 5.75 Å². The van der Waals surface area contributed by atoms with Crippen LogP contribution in [0, 0.1) is 11.6 Å². The quantitative estimate of drug-likeness (QED) is 0.660. The summed E-state index contributed by atoms with van der Waals surface area (Å²) in [6.45, 7) is 5.45. The van der Waals surface area contributed by atoms with Crippen molar-refractivity contribution in [3.05, 3.63) is 59.7 Å². The number of anilines is 1. The van der Waals surface area contributed by atoms with Gasteiger partial charge in [-0.1, -0.05) is 32.0 Å². The molecule has 0 saturated carbocycles. The molecule has 2 aromatic carbocycles. The highest BCUT2D eigenvalue weighted by Crippen LogP contribution is 2.42. The molecule has 9 heteroatoms. The topological polar surface area (TPSA) is 75.7 Å². The number of carbonyl (C=O) groups excluding carboxylic acids is 1. The summed E-state index contributed by atoms with van der Waals surface area (Å²) in [7, 11) is -3.97. The van der Waals surface area contributed by atoms with Gasteiger partial charge in [-0.05, 0) is 38.0 Å². The molecule has 0 bridgehead atoms. The Morgan fingerprint density at radius 3 is 2.44 bits per heavy atom. The third-order valence-corrected chi connectivity index (χ3v) is 7.29. The Balaban J connectivity index is 1.92. The molecule has 0 fully saturated rings. The number of para-hydroxylation sites is 1. The molecule has 2 aromatic rings. The van der Waals surface area contributed by atoms with Crippen molar-refractivity contribution in [3.8, 4) is 5.75 Å². The standard InChI is InChI=1S/C23H28F2N2O4S/c1-5-23(6-2)14-20(17-9-7-8-10-21(17)31-23)26-22(28)15(3)27(32(4,29)30)16-11-12-18(24)19(25)13-16/h7-13,15,20H,5-6,14H2,1-4H3,(H,26,28)/t15-,20+/m0/s1. The van der Waals surface area contributed by atoms with E-state index in [0.29, 0.717) is 12.2 Å². The van der Waals surface area contributed by atoms with Crippen LogP contribution in [0.3, 0.4) is 0 Å². The lowest BCUT2D eigenvalue weighted by molar-refractivity contribution is -0.123. The highest BCUT2D eigenvalue weighted by molar-refractivity contribution is 7.92. The number of nitrogens with zero attached hydrogens (tertiary/aromatic N) is 1. The van der Waals surface area contributed by atoms with E-state index in [4.69, 9.17) is 4.74 Å². The number of fused-ring (bicyclic) bond motifs is 1. The molecule has 3 rings (SSSR count). The molecule has 1 amide bonds. The zero-order chi connectivity index (χ0) is 23.7. The summed E-state index contributed by atoms with van der Waals surface area (Å²) in [4.78, 5) is 13.2. The first-order valence-corrected chi connectivity index (χ1v) is 12.4. The summed E-state index contributed by atoms with van der Waals surface area (Å²) in [5.74, 6) is -2.17. The maximum absolute atomic E-state index is 13.8. The van der Waals surface area contributed by atoms with Crippen LogP contribution in [0.25, 0.3) is 0 Å². The van der Waals surface area contributed by atoms with Gasteiger partial charge < -0.3 is 10.1 Å². The van der Waals surface area contributed by atoms with Crippen LogP contribution in [-0.2, 0) is 14.8 Å². The number of carbonyl (C=O) groups is 1. The maximum atomic E-state index is 13.8. The van der Waals surface area contributed by atoms with E-state index in [9.17, 15) is 22.0 Å². The minimum atomic E-state index is -3.97. The van der Waals surface area contributed by atoms with Gasteiger partial charge in [-0.2, -0.15) is 0 Å². The molecule has 0 aliphatic carbocycles.